The molecule has 9 aromatic rings. The summed E-state index contributed by atoms with van der Waals surface area (Å²) in [5, 5.41) is 0. The minimum Gasteiger partial charge on any atom is -0.243 e. The van der Waals surface area contributed by atoms with Crippen LogP contribution in [0.4, 0.5) is 0 Å². The maximum atomic E-state index is 5.45. The fourth-order valence-corrected chi connectivity index (χ4v) is 7.14. The molecule has 0 unspecified atom stereocenters. The Morgan fingerprint density at radius 1 is 0.232 bits per heavy atom. The van der Waals surface area contributed by atoms with Gasteiger partial charge in [0.15, 0.2) is 17.5 Å². The smallest absolute Gasteiger partial charge is 0.164 e. The number of hydrogen-bond donors (Lipinski definition) is 0. The van der Waals surface area contributed by atoms with E-state index in [1.165, 1.54) is 11.1 Å². The lowest BCUT2D eigenvalue weighted by Crippen LogP contribution is -2.01. The molecule has 56 heavy (non-hydrogen) atoms. The van der Waals surface area contributed by atoms with Crippen LogP contribution in [0, 0.1) is 13.8 Å². The third-order valence-corrected chi connectivity index (χ3v) is 9.80. The quantitative estimate of drug-likeness (QED) is 0.156. The van der Waals surface area contributed by atoms with Crippen LogP contribution in [0.15, 0.2) is 188 Å². The highest BCUT2D eigenvalue weighted by Crippen LogP contribution is 2.38. The molecule has 7 aromatic carbocycles. The number of benzene rings is 7. The summed E-state index contributed by atoms with van der Waals surface area (Å²) in [5.41, 5.74) is 14.7. The molecular formula is C51H37N5. The second-order valence-corrected chi connectivity index (χ2v) is 13.9. The van der Waals surface area contributed by atoms with E-state index in [4.69, 9.17) is 24.9 Å². The highest BCUT2D eigenvalue weighted by Gasteiger charge is 2.20. The first-order valence-electron chi connectivity index (χ1n) is 18.8. The van der Waals surface area contributed by atoms with E-state index in [0.717, 1.165) is 72.8 Å². The van der Waals surface area contributed by atoms with Gasteiger partial charge in [0.2, 0.25) is 0 Å². The molecule has 0 atom stereocenters. The van der Waals surface area contributed by atoms with E-state index in [1.807, 2.05) is 84.9 Å². The van der Waals surface area contributed by atoms with E-state index < -0.39 is 0 Å². The number of nitrogens with zero attached hydrogens (tertiary/aromatic N) is 5. The van der Waals surface area contributed by atoms with Crippen molar-refractivity contribution in [2.24, 2.45) is 0 Å². The van der Waals surface area contributed by atoms with E-state index in [-0.39, 0.29) is 0 Å². The van der Waals surface area contributed by atoms with Crippen molar-refractivity contribution in [1.29, 1.82) is 0 Å². The Hall–Kier alpha value is -7.37. The highest BCUT2D eigenvalue weighted by molar-refractivity contribution is 5.87. The van der Waals surface area contributed by atoms with E-state index in [9.17, 15) is 0 Å². The van der Waals surface area contributed by atoms with Crippen LogP contribution in [-0.2, 0) is 0 Å². The molecule has 5 heteroatoms. The van der Waals surface area contributed by atoms with Crippen molar-refractivity contribution in [2.45, 2.75) is 13.8 Å². The second kappa shape index (κ2) is 15.2. The lowest BCUT2D eigenvalue weighted by Gasteiger charge is -2.16. The van der Waals surface area contributed by atoms with Crippen LogP contribution in [0.3, 0.4) is 0 Å². The van der Waals surface area contributed by atoms with Gasteiger partial charge >= 0.3 is 0 Å². The van der Waals surface area contributed by atoms with Crippen LogP contribution in [0.1, 0.15) is 11.1 Å². The first-order chi connectivity index (χ1) is 27.6. The van der Waals surface area contributed by atoms with Gasteiger partial charge in [-0.05, 0) is 43.2 Å². The van der Waals surface area contributed by atoms with Crippen molar-refractivity contribution < 1.29 is 0 Å². The predicted molar refractivity (Wildman–Crippen MR) is 228 cm³/mol. The normalized spacial score (nSPS) is 11.0. The van der Waals surface area contributed by atoms with Crippen LogP contribution in [-0.4, -0.2) is 24.9 Å². The standard InChI is InChI=1S/C51H37N5/c1-34-30-35(2)32-44(31-34)51-55-49(40-22-13-6-14-23-40)54-50(56-51)41-28-26-36(27-29-41)42-24-15-25-43(33-42)48-47(39-20-11-5-12-21-39)52-45(37-16-7-3-8-17-37)46(53-48)38-18-9-4-10-19-38/h3-33H,1-2H3. The zero-order valence-corrected chi connectivity index (χ0v) is 31.1. The Labute approximate surface area is 327 Å². The molecule has 5 nitrogen and oxygen atoms in total. The summed E-state index contributed by atoms with van der Waals surface area (Å²) in [5.74, 6) is 1.92. The van der Waals surface area contributed by atoms with Crippen molar-refractivity contribution in [3.8, 4) is 90.3 Å². The molecule has 0 saturated carbocycles. The van der Waals surface area contributed by atoms with Gasteiger partial charge in [-0.1, -0.05) is 181 Å². The van der Waals surface area contributed by atoms with E-state index in [2.05, 4.69) is 117 Å². The molecular weight excluding hydrogens is 683 g/mol. The molecule has 2 heterocycles. The Morgan fingerprint density at radius 3 is 1.04 bits per heavy atom. The molecule has 266 valence electrons. The van der Waals surface area contributed by atoms with Gasteiger partial charge in [-0.2, -0.15) is 0 Å². The second-order valence-electron chi connectivity index (χ2n) is 13.9. The lowest BCUT2D eigenvalue weighted by atomic mass is 9.96. The first kappa shape index (κ1) is 34.4. The maximum Gasteiger partial charge on any atom is 0.164 e. The minimum absolute atomic E-state index is 0.628. The third-order valence-electron chi connectivity index (χ3n) is 9.80. The van der Waals surface area contributed by atoms with Crippen molar-refractivity contribution >= 4 is 0 Å². The summed E-state index contributed by atoms with van der Waals surface area (Å²) in [4.78, 5) is 25.7. The van der Waals surface area contributed by atoms with E-state index >= 15 is 0 Å². The van der Waals surface area contributed by atoms with Gasteiger partial charge in [0.25, 0.3) is 0 Å². The summed E-state index contributed by atoms with van der Waals surface area (Å²) >= 11 is 0. The van der Waals surface area contributed by atoms with E-state index in [1.54, 1.807) is 0 Å². The molecule has 0 aliphatic rings. The van der Waals surface area contributed by atoms with Crippen LogP contribution < -0.4 is 0 Å². The summed E-state index contributed by atoms with van der Waals surface area (Å²) in [7, 11) is 0. The van der Waals surface area contributed by atoms with Gasteiger partial charge in [-0.3, -0.25) is 0 Å². The molecule has 0 amide bonds. The molecule has 9 rings (SSSR count). The fraction of sp³-hybridized carbons (Fsp3) is 0.0392. The maximum absolute atomic E-state index is 5.45. The van der Waals surface area contributed by atoms with Gasteiger partial charge in [0, 0.05) is 38.9 Å². The van der Waals surface area contributed by atoms with Gasteiger partial charge < -0.3 is 0 Å². The number of hydrogen-bond acceptors (Lipinski definition) is 5. The molecule has 0 saturated heterocycles. The molecule has 0 aliphatic heterocycles. The molecule has 0 radical (unpaired) electrons. The van der Waals surface area contributed by atoms with Crippen molar-refractivity contribution in [2.75, 3.05) is 0 Å². The van der Waals surface area contributed by atoms with Crippen LogP contribution in [0.2, 0.25) is 0 Å². The van der Waals surface area contributed by atoms with Gasteiger partial charge in [0.1, 0.15) is 0 Å². The fourth-order valence-electron chi connectivity index (χ4n) is 7.14. The molecule has 0 aliphatic carbocycles. The SMILES string of the molecule is Cc1cc(C)cc(-c2nc(-c3ccccc3)nc(-c3ccc(-c4cccc(-c5nc(-c6ccccc6)c(-c6ccccc6)nc5-c5ccccc5)c4)cc3)n2)c1. The molecule has 0 spiro atoms. The Balaban J connectivity index is 1.14. The molecule has 0 N–H and O–H groups in total. The minimum atomic E-state index is 0.628. The van der Waals surface area contributed by atoms with Crippen molar-refractivity contribution in [3.63, 3.8) is 0 Å². The number of aryl methyl sites for hydroxylation is 2. The predicted octanol–water partition coefficient (Wildman–Crippen LogP) is 12.6. The molecule has 0 bridgehead atoms. The van der Waals surface area contributed by atoms with Crippen LogP contribution in [0.5, 0.6) is 0 Å². The Morgan fingerprint density at radius 2 is 0.571 bits per heavy atom. The van der Waals surface area contributed by atoms with Gasteiger partial charge in [-0.15, -0.1) is 0 Å². The van der Waals surface area contributed by atoms with Gasteiger partial charge in [-0.25, -0.2) is 24.9 Å². The van der Waals surface area contributed by atoms with Crippen molar-refractivity contribution in [1.82, 2.24) is 24.9 Å². The molecule has 2 aromatic heterocycles. The Kier molecular flexibility index (Phi) is 9.32. The Bertz CT molecular complexity index is 2770. The number of aromatic nitrogens is 5. The van der Waals surface area contributed by atoms with E-state index in [0.29, 0.717) is 17.5 Å². The summed E-state index contributed by atoms with van der Waals surface area (Å²) < 4.78 is 0. The average molecular weight is 720 g/mol. The zero-order chi connectivity index (χ0) is 37.8. The van der Waals surface area contributed by atoms with Crippen LogP contribution >= 0.6 is 0 Å². The summed E-state index contributed by atoms with van der Waals surface area (Å²) in [6.07, 6.45) is 0. The lowest BCUT2D eigenvalue weighted by molar-refractivity contribution is 1.07. The summed E-state index contributed by atoms with van der Waals surface area (Å²) in [6.45, 7) is 4.20. The average Bonchev–Trinajstić information content (AvgIpc) is 3.27. The monoisotopic (exact) mass is 719 g/mol. The number of rotatable bonds is 8. The largest absolute Gasteiger partial charge is 0.243 e. The topological polar surface area (TPSA) is 64.5 Å². The zero-order valence-electron chi connectivity index (χ0n) is 31.1. The first-order valence-corrected chi connectivity index (χ1v) is 18.8. The van der Waals surface area contributed by atoms with Crippen molar-refractivity contribution in [3.05, 3.63) is 199 Å². The van der Waals surface area contributed by atoms with Gasteiger partial charge in [0.05, 0.1) is 22.8 Å². The molecule has 0 fully saturated rings. The summed E-state index contributed by atoms with van der Waals surface area (Å²) in [6, 6.07) is 64.5. The third kappa shape index (κ3) is 7.14. The highest BCUT2D eigenvalue weighted by atomic mass is 15.0. The van der Waals surface area contributed by atoms with Crippen LogP contribution in [0.25, 0.3) is 90.3 Å².